The first kappa shape index (κ1) is 14.7. The minimum atomic E-state index is 0. The molecule has 0 bridgehead atoms. The van der Waals surface area contributed by atoms with Gasteiger partial charge in [0.15, 0.2) is 0 Å². The standard InChI is InChI=1S/C12H22N2O2.ClH/c1-9(13)11-4-2-3-6-14(11)12(15)10-5-7-16-8-10;/h9-11H,2-8,13H2,1H3;1H. The Labute approximate surface area is 109 Å². The molecule has 2 heterocycles. The maximum atomic E-state index is 12.3. The summed E-state index contributed by atoms with van der Waals surface area (Å²) < 4.78 is 5.29. The summed E-state index contributed by atoms with van der Waals surface area (Å²) >= 11 is 0. The first-order valence-corrected chi connectivity index (χ1v) is 6.34. The number of hydrogen-bond donors (Lipinski definition) is 1. The third-order valence-electron chi connectivity index (χ3n) is 3.72. The number of amides is 1. The molecule has 1 amide bonds. The van der Waals surface area contributed by atoms with E-state index < -0.39 is 0 Å². The number of nitrogens with two attached hydrogens (primary N) is 1. The number of piperidine rings is 1. The molecular formula is C12H23ClN2O2. The Kier molecular flexibility index (Phi) is 5.70. The second-order valence-corrected chi connectivity index (χ2v) is 5.01. The van der Waals surface area contributed by atoms with E-state index in [1.807, 2.05) is 11.8 Å². The van der Waals surface area contributed by atoms with Crippen molar-refractivity contribution in [3.8, 4) is 0 Å². The highest BCUT2D eigenvalue weighted by molar-refractivity contribution is 5.85. The third-order valence-corrected chi connectivity index (χ3v) is 3.72. The number of halogens is 1. The first-order chi connectivity index (χ1) is 7.70. The van der Waals surface area contributed by atoms with Crippen molar-refractivity contribution in [2.75, 3.05) is 19.8 Å². The molecule has 5 heteroatoms. The van der Waals surface area contributed by atoms with Crippen LogP contribution in [0.4, 0.5) is 0 Å². The van der Waals surface area contributed by atoms with Gasteiger partial charge in [-0.05, 0) is 32.6 Å². The maximum Gasteiger partial charge on any atom is 0.228 e. The fourth-order valence-corrected chi connectivity index (χ4v) is 2.74. The number of carbonyl (C=O) groups excluding carboxylic acids is 1. The highest BCUT2D eigenvalue weighted by Crippen LogP contribution is 2.24. The van der Waals surface area contributed by atoms with Crippen LogP contribution in [0.25, 0.3) is 0 Å². The molecule has 0 radical (unpaired) electrons. The molecule has 0 aromatic carbocycles. The fraction of sp³-hybridized carbons (Fsp3) is 0.917. The monoisotopic (exact) mass is 262 g/mol. The van der Waals surface area contributed by atoms with Crippen molar-refractivity contribution in [3.63, 3.8) is 0 Å². The van der Waals surface area contributed by atoms with Crippen molar-refractivity contribution in [2.45, 2.75) is 44.7 Å². The molecule has 2 N–H and O–H groups in total. The number of likely N-dealkylation sites (tertiary alicyclic amines) is 1. The molecule has 2 saturated heterocycles. The lowest BCUT2D eigenvalue weighted by molar-refractivity contribution is -0.139. The average Bonchev–Trinajstić information content (AvgIpc) is 2.81. The van der Waals surface area contributed by atoms with E-state index in [0.29, 0.717) is 6.61 Å². The SMILES string of the molecule is CC(N)C1CCCCN1C(=O)C1CCOC1.Cl. The molecule has 100 valence electrons. The van der Waals surface area contributed by atoms with Gasteiger partial charge in [-0.1, -0.05) is 0 Å². The highest BCUT2D eigenvalue weighted by Gasteiger charge is 2.34. The van der Waals surface area contributed by atoms with Crippen LogP contribution in [-0.4, -0.2) is 42.6 Å². The van der Waals surface area contributed by atoms with Crippen LogP contribution >= 0.6 is 12.4 Å². The van der Waals surface area contributed by atoms with Crippen LogP contribution in [0, 0.1) is 5.92 Å². The summed E-state index contributed by atoms with van der Waals surface area (Å²) in [4.78, 5) is 14.3. The summed E-state index contributed by atoms with van der Waals surface area (Å²) in [6, 6.07) is 0.313. The maximum absolute atomic E-state index is 12.3. The summed E-state index contributed by atoms with van der Waals surface area (Å²) in [7, 11) is 0. The minimum Gasteiger partial charge on any atom is -0.381 e. The molecule has 3 atom stereocenters. The molecule has 17 heavy (non-hydrogen) atoms. The van der Waals surface area contributed by atoms with Gasteiger partial charge in [0.25, 0.3) is 0 Å². The van der Waals surface area contributed by atoms with Crippen molar-refractivity contribution in [1.82, 2.24) is 4.90 Å². The molecule has 4 nitrogen and oxygen atoms in total. The molecular weight excluding hydrogens is 240 g/mol. The molecule has 0 saturated carbocycles. The third kappa shape index (κ3) is 3.33. The van der Waals surface area contributed by atoms with Crippen LogP contribution in [0.15, 0.2) is 0 Å². The molecule has 2 aliphatic rings. The van der Waals surface area contributed by atoms with E-state index in [-0.39, 0.29) is 36.3 Å². The van der Waals surface area contributed by atoms with Gasteiger partial charge in [0.05, 0.1) is 12.5 Å². The zero-order valence-electron chi connectivity index (χ0n) is 10.4. The average molecular weight is 263 g/mol. The van der Waals surface area contributed by atoms with Gasteiger partial charge in [0.2, 0.25) is 5.91 Å². The molecule has 3 unspecified atom stereocenters. The van der Waals surface area contributed by atoms with Gasteiger partial charge in [0.1, 0.15) is 0 Å². The summed E-state index contributed by atoms with van der Waals surface area (Å²) in [5.74, 6) is 0.346. The zero-order valence-corrected chi connectivity index (χ0v) is 11.2. The smallest absolute Gasteiger partial charge is 0.228 e. The number of carbonyl (C=O) groups is 1. The Hall–Kier alpha value is -0.320. The number of nitrogens with zero attached hydrogens (tertiary/aromatic N) is 1. The van der Waals surface area contributed by atoms with Gasteiger partial charge in [-0.15, -0.1) is 12.4 Å². The predicted octanol–water partition coefficient (Wildman–Crippen LogP) is 1.17. The number of rotatable bonds is 2. The molecule has 0 spiro atoms. The molecule has 2 fully saturated rings. The van der Waals surface area contributed by atoms with Gasteiger partial charge in [0, 0.05) is 25.2 Å². The lowest BCUT2D eigenvalue weighted by Crippen LogP contribution is -2.53. The Morgan fingerprint density at radius 3 is 2.76 bits per heavy atom. The minimum absolute atomic E-state index is 0. The second kappa shape index (κ2) is 6.57. The van der Waals surface area contributed by atoms with Crippen molar-refractivity contribution >= 4 is 18.3 Å². The molecule has 2 rings (SSSR count). The van der Waals surface area contributed by atoms with E-state index in [1.54, 1.807) is 0 Å². The zero-order chi connectivity index (χ0) is 11.5. The second-order valence-electron chi connectivity index (χ2n) is 5.01. The van der Waals surface area contributed by atoms with E-state index in [9.17, 15) is 4.79 Å². The van der Waals surface area contributed by atoms with Crippen LogP contribution in [0.1, 0.15) is 32.6 Å². The van der Waals surface area contributed by atoms with E-state index in [2.05, 4.69) is 0 Å². The summed E-state index contributed by atoms with van der Waals surface area (Å²) in [6.07, 6.45) is 4.23. The van der Waals surface area contributed by atoms with Crippen LogP contribution in [0.5, 0.6) is 0 Å². The van der Waals surface area contributed by atoms with Gasteiger partial charge >= 0.3 is 0 Å². The Morgan fingerprint density at radius 2 is 2.18 bits per heavy atom. The van der Waals surface area contributed by atoms with Gasteiger partial charge in [-0.25, -0.2) is 0 Å². The van der Waals surface area contributed by atoms with Crippen molar-refractivity contribution in [3.05, 3.63) is 0 Å². The number of ether oxygens (including phenoxy) is 1. The van der Waals surface area contributed by atoms with Crippen LogP contribution in [-0.2, 0) is 9.53 Å². The normalized spacial score (nSPS) is 30.8. The summed E-state index contributed by atoms with van der Waals surface area (Å²) in [5.41, 5.74) is 5.97. The number of hydrogen-bond acceptors (Lipinski definition) is 3. The lowest BCUT2D eigenvalue weighted by Gasteiger charge is -2.39. The molecule has 0 aromatic rings. The molecule has 0 aromatic heterocycles. The largest absolute Gasteiger partial charge is 0.381 e. The lowest BCUT2D eigenvalue weighted by atomic mass is 9.94. The Balaban J connectivity index is 0.00000144. The summed E-state index contributed by atoms with van der Waals surface area (Å²) in [6.45, 7) is 4.21. The van der Waals surface area contributed by atoms with Gasteiger partial charge < -0.3 is 15.4 Å². The van der Waals surface area contributed by atoms with Crippen LogP contribution in [0.2, 0.25) is 0 Å². The Morgan fingerprint density at radius 1 is 1.41 bits per heavy atom. The fourth-order valence-electron chi connectivity index (χ4n) is 2.74. The van der Waals surface area contributed by atoms with E-state index in [1.165, 1.54) is 6.42 Å². The van der Waals surface area contributed by atoms with Gasteiger partial charge in [-0.3, -0.25) is 4.79 Å². The topological polar surface area (TPSA) is 55.6 Å². The van der Waals surface area contributed by atoms with Crippen molar-refractivity contribution in [2.24, 2.45) is 11.7 Å². The van der Waals surface area contributed by atoms with E-state index in [4.69, 9.17) is 10.5 Å². The van der Waals surface area contributed by atoms with Crippen LogP contribution < -0.4 is 5.73 Å². The quantitative estimate of drug-likeness (QED) is 0.813. The highest BCUT2D eigenvalue weighted by atomic mass is 35.5. The van der Waals surface area contributed by atoms with Crippen molar-refractivity contribution < 1.29 is 9.53 Å². The molecule has 2 aliphatic heterocycles. The van der Waals surface area contributed by atoms with E-state index >= 15 is 0 Å². The van der Waals surface area contributed by atoms with Crippen LogP contribution in [0.3, 0.4) is 0 Å². The summed E-state index contributed by atoms with van der Waals surface area (Å²) in [5, 5.41) is 0. The van der Waals surface area contributed by atoms with Gasteiger partial charge in [-0.2, -0.15) is 0 Å². The molecule has 0 aliphatic carbocycles. The van der Waals surface area contributed by atoms with Crippen molar-refractivity contribution in [1.29, 1.82) is 0 Å². The van der Waals surface area contributed by atoms with E-state index in [0.717, 1.165) is 32.4 Å². The Bertz CT molecular complexity index is 255. The predicted molar refractivity (Wildman–Crippen MR) is 69.2 cm³/mol. The first-order valence-electron chi connectivity index (χ1n) is 6.34.